The van der Waals surface area contributed by atoms with Crippen LogP contribution in [0.1, 0.15) is 18.9 Å². The number of hydrogen-bond acceptors (Lipinski definition) is 6. The third-order valence-corrected chi connectivity index (χ3v) is 7.46. The molecule has 33 heavy (non-hydrogen) atoms. The highest BCUT2D eigenvalue weighted by Gasteiger charge is 2.39. The molecule has 174 valence electrons. The quantitative estimate of drug-likeness (QED) is 0.543. The SMILES string of the molecule is C=CCN1C(=O)[C@@H](CC(=O)Nc2cccc(OC)c2)SC1=NS(=O)(=O)c1ccc(CC)cc1. The van der Waals surface area contributed by atoms with E-state index in [-0.39, 0.29) is 28.9 Å². The molecule has 1 aliphatic rings. The van der Waals surface area contributed by atoms with Crippen molar-refractivity contribution < 1.29 is 22.7 Å². The van der Waals surface area contributed by atoms with Gasteiger partial charge in [-0.3, -0.25) is 14.5 Å². The maximum atomic E-state index is 12.9. The molecule has 3 rings (SSSR count). The number of benzene rings is 2. The van der Waals surface area contributed by atoms with E-state index in [2.05, 4.69) is 16.3 Å². The highest BCUT2D eigenvalue weighted by molar-refractivity contribution is 8.16. The molecule has 0 unspecified atom stereocenters. The first-order valence-electron chi connectivity index (χ1n) is 10.2. The number of sulfonamides is 1. The Morgan fingerprint density at radius 2 is 2.00 bits per heavy atom. The van der Waals surface area contributed by atoms with Crippen LogP contribution in [0.5, 0.6) is 5.75 Å². The van der Waals surface area contributed by atoms with Gasteiger partial charge in [0.05, 0.1) is 12.0 Å². The summed E-state index contributed by atoms with van der Waals surface area (Å²) in [6, 6.07) is 13.3. The second-order valence-corrected chi connectivity index (χ2v) is 9.95. The second-order valence-electron chi connectivity index (χ2n) is 7.17. The van der Waals surface area contributed by atoms with Crippen LogP contribution in [0.25, 0.3) is 0 Å². The number of amidine groups is 1. The molecule has 1 saturated heterocycles. The Morgan fingerprint density at radius 3 is 2.64 bits per heavy atom. The lowest BCUT2D eigenvalue weighted by atomic mass is 10.2. The summed E-state index contributed by atoms with van der Waals surface area (Å²) in [6.45, 7) is 5.69. The average Bonchev–Trinajstić information content (AvgIpc) is 3.07. The monoisotopic (exact) mass is 487 g/mol. The van der Waals surface area contributed by atoms with E-state index in [1.54, 1.807) is 36.4 Å². The Balaban J connectivity index is 1.78. The van der Waals surface area contributed by atoms with Crippen LogP contribution >= 0.6 is 11.8 Å². The van der Waals surface area contributed by atoms with E-state index in [9.17, 15) is 18.0 Å². The number of carbonyl (C=O) groups is 2. The molecular formula is C23H25N3O5S2. The normalized spacial score (nSPS) is 17.3. The molecule has 1 aliphatic heterocycles. The van der Waals surface area contributed by atoms with E-state index in [0.717, 1.165) is 23.7 Å². The molecule has 1 fully saturated rings. The van der Waals surface area contributed by atoms with E-state index >= 15 is 0 Å². The Hall–Kier alpha value is -3.11. The van der Waals surface area contributed by atoms with Gasteiger partial charge in [0, 0.05) is 24.7 Å². The van der Waals surface area contributed by atoms with Gasteiger partial charge in [-0.1, -0.05) is 43.0 Å². The number of thioether (sulfide) groups is 1. The number of ether oxygens (including phenoxy) is 1. The Labute approximate surface area is 197 Å². The molecule has 1 heterocycles. The first kappa shape index (κ1) is 24.5. The Kier molecular flexibility index (Phi) is 7.93. The van der Waals surface area contributed by atoms with Gasteiger partial charge in [0.2, 0.25) is 11.8 Å². The summed E-state index contributed by atoms with van der Waals surface area (Å²) in [4.78, 5) is 26.7. The summed E-state index contributed by atoms with van der Waals surface area (Å²) in [5.74, 6) is -0.189. The topological polar surface area (TPSA) is 105 Å². The first-order valence-corrected chi connectivity index (χ1v) is 12.6. The number of anilines is 1. The lowest BCUT2D eigenvalue weighted by Crippen LogP contribution is -2.33. The van der Waals surface area contributed by atoms with Crippen LogP contribution in [0.15, 0.2) is 70.5 Å². The summed E-state index contributed by atoms with van der Waals surface area (Å²) in [5.41, 5.74) is 1.53. The number of hydrogen-bond donors (Lipinski definition) is 1. The molecule has 2 aromatic carbocycles. The van der Waals surface area contributed by atoms with Crippen LogP contribution in [0, 0.1) is 0 Å². The van der Waals surface area contributed by atoms with Crippen molar-refractivity contribution >= 4 is 44.5 Å². The fourth-order valence-corrected chi connectivity index (χ4v) is 5.51. The summed E-state index contributed by atoms with van der Waals surface area (Å²) >= 11 is 0.956. The summed E-state index contributed by atoms with van der Waals surface area (Å²) in [6.07, 6.45) is 2.12. The molecule has 2 aromatic rings. The lowest BCUT2D eigenvalue weighted by Gasteiger charge is -2.13. The minimum absolute atomic E-state index is 0.0265. The van der Waals surface area contributed by atoms with Gasteiger partial charge >= 0.3 is 0 Å². The number of rotatable bonds is 9. The number of nitrogens with one attached hydrogen (secondary N) is 1. The molecule has 2 amide bonds. The number of nitrogens with zero attached hydrogens (tertiary/aromatic N) is 2. The Morgan fingerprint density at radius 1 is 1.27 bits per heavy atom. The molecule has 0 spiro atoms. The number of methoxy groups -OCH3 is 1. The fourth-order valence-electron chi connectivity index (χ4n) is 3.14. The summed E-state index contributed by atoms with van der Waals surface area (Å²) in [5, 5.41) is 1.96. The minimum Gasteiger partial charge on any atom is -0.497 e. The predicted octanol–water partition coefficient (Wildman–Crippen LogP) is 3.46. The minimum atomic E-state index is -4.03. The van der Waals surface area contributed by atoms with Gasteiger partial charge < -0.3 is 10.1 Å². The molecule has 0 aliphatic carbocycles. The number of amides is 2. The zero-order valence-electron chi connectivity index (χ0n) is 18.4. The lowest BCUT2D eigenvalue weighted by molar-refractivity contribution is -0.127. The molecule has 0 radical (unpaired) electrons. The van der Waals surface area contributed by atoms with Crippen molar-refractivity contribution in [3.05, 3.63) is 66.7 Å². The highest BCUT2D eigenvalue weighted by Crippen LogP contribution is 2.31. The van der Waals surface area contributed by atoms with Crippen molar-refractivity contribution in [2.45, 2.75) is 29.9 Å². The van der Waals surface area contributed by atoms with Crippen LogP contribution in [-0.4, -0.2) is 49.2 Å². The molecular weight excluding hydrogens is 462 g/mol. The summed E-state index contributed by atoms with van der Waals surface area (Å²) < 4.78 is 34.7. The van der Waals surface area contributed by atoms with Crippen LogP contribution in [-0.2, 0) is 26.0 Å². The average molecular weight is 488 g/mol. The van der Waals surface area contributed by atoms with Crippen molar-refractivity contribution in [3.8, 4) is 5.75 Å². The number of carbonyl (C=O) groups excluding carboxylic acids is 2. The second kappa shape index (κ2) is 10.7. The van der Waals surface area contributed by atoms with Crippen molar-refractivity contribution in [2.24, 2.45) is 4.40 Å². The number of aryl methyl sites for hydroxylation is 1. The Bertz CT molecular complexity index is 1180. The van der Waals surface area contributed by atoms with Crippen molar-refractivity contribution in [1.29, 1.82) is 0 Å². The van der Waals surface area contributed by atoms with Crippen LogP contribution in [0.4, 0.5) is 5.69 Å². The zero-order chi connectivity index (χ0) is 24.0. The first-order chi connectivity index (χ1) is 15.8. The smallest absolute Gasteiger partial charge is 0.284 e. The third kappa shape index (κ3) is 6.02. The van der Waals surface area contributed by atoms with E-state index in [1.165, 1.54) is 30.2 Å². The fraction of sp³-hybridized carbons (Fsp3) is 0.261. The zero-order valence-corrected chi connectivity index (χ0v) is 20.0. The van der Waals surface area contributed by atoms with Crippen molar-refractivity contribution in [2.75, 3.05) is 19.0 Å². The van der Waals surface area contributed by atoms with Crippen LogP contribution in [0.3, 0.4) is 0 Å². The van der Waals surface area contributed by atoms with Gasteiger partial charge in [0.1, 0.15) is 11.0 Å². The van der Waals surface area contributed by atoms with Crippen molar-refractivity contribution in [1.82, 2.24) is 4.90 Å². The molecule has 0 bridgehead atoms. The van der Waals surface area contributed by atoms with Gasteiger partial charge in [0.25, 0.3) is 10.0 Å². The van der Waals surface area contributed by atoms with Crippen LogP contribution in [0.2, 0.25) is 0 Å². The van der Waals surface area contributed by atoms with E-state index in [0.29, 0.717) is 11.4 Å². The van der Waals surface area contributed by atoms with Gasteiger partial charge in [-0.2, -0.15) is 8.42 Å². The highest BCUT2D eigenvalue weighted by atomic mass is 32.2. The van der Waals surface area contributed by atoms with Gasteiger partial charge in [-0.05, 0) is 36.2 Å². The van der Waals surface area contributed by atoms with E-state index in [4.69, 9.17) is 4.74 Å². The largest absolute Gasteiger partial charge is 0.497 e. The predicted molar refractivity (Wildman–Crippen MR) is 130 cm³/mol. The van der Waals surface area contributed by atoms with E-state index < -0.39 is 21.2 Å². The summed E-state index contributed by atoms with van der Waals surface area (Å²) in [7, 11) is -2.50. The van der Waals surface area contributed by atoms with Gasteiger partial charge in [-0.15, -0.1) is 11.0 Å². The molecule has 1 N–H and O–H groups in total. The molecule has 10 heteroatoms. The van der Waals surface area contributed by atoms with Gasteiger partial charge in [0.15, 0.2) is 5.17 Å². The molecule has 0 aromatic heterocycles. The molecule has 0 saturated carbocycles. The van der Waals surface area contributed by atoms with Gasteiger partial charge in [-0.25, -0.2) is 0 Å². The maximum Gasteiger partial charge on any atom is 0.284 e. The van der Waals surface area contributed by atoms with Crippen LogP contribution < -0.4 is 10.1 Å². The third-order valence-electron chi connectivity index (χ3n) is 4.88. The van der Waals surface area contributed by atoms with E-state index in [1.807, 2.05) is 6.92 Å². The van der Waals surface area contributed by atoms with Crippen molar-refractivity contribution in [3.63, 3.8) is 0 Å². The maximum absolute atomic E-state index is 12.9. The molecule has 1 atom stereocenters. The molecule has 8 nitrogen and oxygen atoms in total. The standard InChI is InChI=1S/C23H25N3O5S2/c1-4-13-26-22(28)20(15-21(27)24-17-7-6-8-18(14-17)31-3)32-23(26)25-33(29,30)19-11-9-16(5-2)10-12-19/h4,6-12,14,20H,1,5,13,15H2,2-3H3,(H,24,27)/t20-/m1/s1.